The van der Waals surface area contributed by atoms with E-state index in [9.17, 15) is 0 Å². The summed E-state index contributed by atoms with van der Waals surface area (Å²) in [6.07, 6.45) is 0. The van der Waals surface area contributed by atoms with Crippen molar-refractivity contribution < 1.29 is 0 Å². The minimum absolute atomic E-state index is 0. The molecule has 1 aromatic carbocycles. The predicted octanol–water partition coefficient (Wildman–Crippen LogP) is 2.87. The lowest BCUT2D eigenvalue weighted by atomic mass is 10.1. The Balaban J connectivity index is 0.00000121. The van der Waals surface area contributed by atoms with E-state index in [1.54, 1.807) is 0 Å². The van der Waals surface area contributed by atoms with E-state index in [-0.39, 0.29) is 18.4 Å². The highest BCUT2D eigenvalue weighted by atomic mass is 35.5. The Bertz CT molecular complexity index is 218. The van der Waals surface area contributed by atoms with Crippen molar-refractivity contribution >= 4 is 24.0 Å². The molecule has 0 aliphatic heterocycles. The zero-order valence-corrected chi connectivity index (χ0v) is 8.53. The fraction of sp³-hybridized carbons (Fsp3) is 0.333. The highest BCUT2D eigenvalue weighted by Crippen LogP contribution is 2.11. The van der Waals surface area contributed by atoms with Gasteiger partial charge in [0.1, 0.15) is 0 Å². The normalized spacial score (nSPS) is 11.9. The first kappa shape index (κ1) is 11.8. The molecule has 0 aliphatic rings. The van der Waals surface area contributed by atoms with Crippen molar-refractivity contribution in [1.29, 1.82) is 0 Å². The van der Waals surface area contributed by atoms with Gasteiger partial charge in [-0.1, -0.05) is 24.3 Å². The Labute approximate surface area is 84.3 Å². The molecule has 0 amide bonds. The predicted molar refractivity (Wildman–Crippen MR) is 55.8 cm³/mol. The molecule has 68 valence electrons. The van der Waals surface area contributed by atoms with Gasteiger partial charge in [-0.05, 0) is 18.1 Å². The third-order valence-electron chi connectivity index (χ3n) is 1.66. The van der Waals surface area contributed by atoms with E-state index in [0.29, 0.717) is 5.88 Å². The third-order valence-corrected chi connectivity index (χ3v) is 1.97. The molecule has 0 spiro atoms. The molecule has 2 N–H and O–H groups in total. The molecule has 0 radical (unpaired) electrons. The summed E-state index contributed by atoms with van der Waals surface area (Å²) in [5, 5.41) is 0. The van der Waals surface area contributed by atoms with Gasteiger partial charge in [0.2, 0.25) is 0 Å². The van der Waals surface area contributed by atoms with E-state index >= 15 is 0 Å². The minimum atomic E-state index is 0. The van der Waals surface area contributed by atoms with E-state index in [0.717, 1.165) is 11.1 Å². The average molecular weight is 206 g/mol. The summed E-state index contributed by atoms with van der Waals surface area (Å²) in [6, 6.07) is 8.15. The van der Waals surface area contributed by atoms with E-state index in [4.69, 9.17) is 17.3 Å². The van der Waals surface area contributed by atoms with Gasteiger partial charge in [0.25, 0.3) is 0 Å². The van der Waals surface area contributed by atoms with Crippen LogP contribution in [0, 0.1) is 0 Å². The van der Waals surface area contributed by atoms with Crippen LogP contribution in [0.15, 0.2) is 24.3 Å². The van der Waals surface area contributed by atoms with Gasteiger partial charge in [0, 0.05) is 11.9 Å². The molecule has 1 atom stereocenters. The number of hydrogen-bond acceptors (Lipinski definition) is 1. The number of alkyl halides is 1. The topological polar surface area (TPSA) is 26.0 Å². The second-order valence-corrected chi connectivity index (χ2v) is 2.93. The monoisotopic (exact) mass is 205 g/mol. The van der Waals surface area contributed by atoms with Gasteiger partial charge >= 0.3 is 0 Å². The molecule has 0 bridgehead atoms. The van der Waals surface area contributed by atoms with Crippen molar-refractivity contribution in [2.45, 2.75) is 18.8 Å². The first-order valence-corrected chi connectivity index (χ1v) is 4.18. The van der Waals surface area contributed by atoms with Gasteiger partial charge in [0.15, 0.2) is 0 Å². The van der Waals surface area contributed by atoms with E-state index in [1.165, 1.54) is 0 Å². The number of rotatable bonds is 2. The standard InChI is InChI=1S/C9H12ClN.ClH/c1-7(11)9-4-2-8(6-10)3-5-9;/h2-5,7H,6,11H2,1H3;1H. The van der Waals surface area contributed by atoms with E-state index in [2.05, 4.69) is 0 Å². The molecule has 12 heavy (non-hydrogen) atoms. The number of hydrogen-bond donors (Lipinski definition) is 1. The number of halogens is 2. The van der Waals surface area contributed by atoms with Gasteiger partial charge in [-0.3, -0.25) is 0 Å². The summed E-state index contributed by atoms with van der Waals surface area (Å²) in [4.78, 5) is 0. The summed E-state index contributed by atoms with van der Waals surface area (Å²) in [5.74, 6) is 0.569. The van der Waals surface area contributed by atoms with Crippen molar-refractivity contribution in [3.05, 3.63) is 35.4 Å². The van der Waals surface area contributed by atoms with Gasteiger partial charge in [0.05, 0.1) is 0 Å². The van der Waals surface area contributed by atoms with Gasteiger partial charge in [-0.15, -0.1) is 24.0 Å². The Morgan fingerprint density at radius 1 is 1.33 bits per heavy atom. The van der Waals surface area contributed by atoms with E-state index in [1.807, 2.05) is 31.2 Å². The molecule has 0 aliphatic carbocycles. The van der Waals surface area contributed by atoms with Crippen LogP contribution in [0.3, 0.4) is 0 Å². The Morgan fingerprint density at radius 2 is 1.83 bits per heavy atom. The Morgan fingerprint density at radius 3 is 2.17 bits per heavy atom. The largest absolute Gasteiger partial charge is 0.324 e. The van der Waals surface area contributed by atoms with Gasteiger partial charge in [-0.25, -0.2) is 0 Å². The van der Waals surface area contributed by atoms with Crippen LogP contribution in [0.1, 0.15) is 24.1 Å². The number of nitrogens with two attached hydrogens (primary N) is 1. The highest BCUT2D eigenvalue weighted by molar-refractivity contribution is 6.17. The molecule has 0 saturated carbocycles. The van der Waals surface area contributed by atoms with Crippen molar-refractivity contribution in [1.82, 2.24) is 0 Å². The lowest BCUT2D eigenvalue weighted by Gasteiger charge is -2.04. The van der Waals surface area contributed by atoms with Crippen LogP contribution < -0.4 is 5.73 Å². The molecule has 0 fully saturated rings. The van der Waals surface area contributed by atoms with Crippen LogP contribution >= 0.6 is 24.0 Å². The maximum atomic E-state index is 5.67. The third kappa shape index (κ3) is 3.02. The maximum Gasteiger partial charge on any atom is 0.0474 e. The Kier molecular flexibility index (Phi) is 5.31. The molecular formula is C9H13Cl2N. The summed E-state index contributed by atoms with van der Waals surface area (Å²) >= 11 is 5.63. The quantitative estimate of drug-likeness (QED) is 0.739. The molecular weight excluding hydrogens is 193 g/mol. The lowest BCUT2D eigenvalue weighted by Crippen LogP contribution is -2.04. The molecule has 1 rings (SSSR count). The minimum Gasteiger partial charge on any atom is -0.324 e. The lowest BCUT2D eigenvalue weighted by molar-refractivity contribution is 0.817. The average Bonchev–Trinajstić information content (AvgIpc) is 2.05. The summed E-state index contributed by atoms with van der Waals surface area (Å²) in [7, 11) is 0. The first-order chi connectivity index (χ1) is 5.24. The smallest absolute Gasteiger partial charge is 0.0474 e. The SMILES string of the molecule is CC(N)c1ccc(CCl)cc1.Cl. The van der Waals surface area contributed by atoms with Gasteiger partial charge in [-0.2, -0.15) is 0 Å². The van der Waals surface area contributed by atoms with E-state index < -0.39 is 0 Å². The first-order valence-electron chi connectivity index (χ1n) is 3.64. The van der Waals surface area contributed by atoms with Crippen molar-refractivity contribution in [3.63, 3.8) is 0 Å². The maximum absolute atomic E-state index is 5.67. The molecule has 0 heterocycles. The van der Waals surface area contributed by atoms with Gasteiger partial charge < -0.3 is 5.73 Å². The zero-order valence-electron chi connectivity index (χ0n) is 6.96. The van der Waals surface area contributed by atoms with Crippen LogP contribution in [0.5, 0.6) is 0 Å². The molecule has 1 aromatic rings. The van der Waals surface area contributed by atoms with Crippen LogP contribution in [0.25, 0.3) is 0 Å². The highest BCUT2D eigenvalue weighted by Gasteiger charge is 1.97. The number of benzene rings is 1. The zero-order chi connectivity index (χ0) is 8.27. The van der Waals surface area contributed by atoms with Crippen molar-refractivity contribution in [3.8, 4) is 0 Å². The second kappa shape index (κ2) is 5.41. The second-order valence-electron chi connectivity index (χ2n) is 2.66. The molecule has 0 aromatic heterocycles. The fourth-order valence-electron chi connectivity index (χ4n) is 0.910. The Hall–Kier alpha value is -0.240. The van der Waals surface area contributed by atoms with Crippen LogP contribution in [-0.4, -0.2) is 0 Å². The molecule has 1 nitrogen and oxygen atoms in total. The summed E-state index contributed by atoms with van der Waals surface area (Å²) in [5.41, 5.74) is 7.96. The van der Waals surface area contributed by atoms with Crippen LogP contribution in [0.2, 0.25) is 0 Å². The summed E-state index contributed by atoms with van der Waals surface area (Å²) in [6.45, 7) is 1.97. The summed E-state index contributed by atoms with van der Waals surface area (Å²) < 4.78 is 0. The van der Waals surface area contributed by atoms with Crippen LogP contribution in [0.4, 0.5) is 0 Å². The molecule has 3 heteroatoms. The molecule has 0 saturated heterocycles. The van der Waals surface area contributed by atoms with Crippen LogP contribution in [-0.2, 0) is 5.88 Å². The molecule has 1 unspecified atom stereocenters. The van der Waals surface area contributed by atoms with Crippen molar-refractivity contribution in [2.75, 3.05) is 0 Å². The van der Waals surface area contributed by atoms with Crippen molar-refractivity contribution in [2.24, 2.45) is 5.73 Å². The fourth-order valence-corrected chi connectivity index (χ4v) is 1.09.